The molecule has 3 aromatic rings. The number of hydrogen-bond donors (Lipinski definition) is 2. The Morgan fingerprint density at radius 2 is 1.70 bits per heavy atom. The van der Waals surface area contributed by atoms with Crippen LogP contribution in [0.1, 0.15) is 31.2 Å². The lowest BCUT2D eigenvalue weighted by atomic mass is 9.90. The summed E-state index contributed by atoms with van der Waals surface area (Å²) in [5, 5.41) is 8.26. The van der Waals surface area contributed by atoms with E-state index >= 15 is 0 Å². The quantitative estimate of drug-likeness (QED) is 0.582. The molecule has 1 aliphatic carbocycles. The molecule has 4 rings (SSSR count). The van der Waals surface area contributed by atoms with Crippen LogP contribution in [0.15, 0.2) is 48.7 Å². The number of carbonyl (C=O) groups is 1. The van der Waals surface area contributed by atoms with E-state index < -0.39 is 11.6 Å². The fourth-order valence-electron chi connectivity index (χ4n) is 4.03. The molecule has 2 aromatic carbocycles. The molecule has 2 N–H and O–H groups in total. The average Bonchev–Trinajstić information content (AvgIpc) is 2.68. The standard InChI is InChI=1S/C23H22ClF2N3O/c24-15-1-6-20-21(7-8-27-22(20)12-15)28-18-2-4-19(5-3-18)29-23(30)11-14-9-16(25)13-17(26)10-14/h1,6-10,12-13,18-19H,2-5,11H2,(H,27,28)(H,29,30). The van der Waals surface area contributed by atoms with Crippen molar-refractivity contribution in [2.24, 2.45) is 0 Å². The van der Waals surface area contributed by atoms with E-state index in [1.165, 1.54) is 12.1 Å². The second-order valence-corrected chi connectivity index (χ2v) is 8.17. The number of fused-ring (bicyclic) bond motifs is 1. The van der Waals surface area contributed by atoms with Crippen molar-refractivity contribution in [1.29, 1.82) is 0 Å². The highest BCUT2D eigenvalue weighted by Gasteiger charge is 2.23. The van der Waals surface area contributed by atoms with Crippen LogP contribution < -0.4 is 10.6 Å². The summed E-state index contributed by atoms with van der Waals surface area (Å²) in [5.74, 6) is -1.56. The second-order valence-electron chi connectivity index (χ2n) is 7.73. The molecule has 7 heteroatoms. The van der Waals surface area contributed by atoms with Crippen molar-refractivity contribution in [2.75, 3.05) is 5.32 Å². The fourth-order valence-corrected chi connectivity index (χ4v) is 4.19. The molecule has 0 aliphatic heterocycles. The van der Waals surface area contributed by atoms with Gasteiger partial charge in [0.15, 0.2) is 0 Å². The number of halogens is 3. The van der Waals surface area contributed by atoms with E-state index in [2.05, 4.69) is 15.6 Å². The first-order valence-electron chi connectivity index (χ1n) is 10.0. The monoisotopic (exact) mass is 429 g/mol. The van der Waals surface area contributed by atoms with E-state index in [1.54, 1.807) is 6.20 Å². The van der Waals surface area contributed by atoms with Crippen LogP contribution in [0.25, 0.3) is 10.9 Å². The van der Waals surface area contributed by atoms with Gasteiger partial charge in [0.05, 0.1) is 11.9 Å². The van der Waals surface area contributed by atoms with Crippen molar-refractivity contribution in [3.8, 4) is 0 Å². The van der Waals surface area contributed by atoms with E-state index in [4.69, 9.17) is 11.6 Å². The lowest BCUT2D eigenvalue weighted by Gasteiger charge is -2.30. The molecule has 0 saturated heterocycles. The van der Waals surface area contributed by atoms with Gasteiger partial charge in [-0.3, -0.25) is 9.78 Å². The SMILES string of the molecule is O=C(Cc1cc(F)cc(F)c1)NC1CCC(Nc2ccnc3cc(Cl)ccc23)CC1. The van der Waals surface area contributed by atoms with Crippen LogP contribution in [0, 0.1) is 11.6 Å². The molecule has 1 aliphatic rings. The van der Waals surface area contributed by atoms with Crippen LogP contribution >= 0.6 is 11.6 Å². The van der Waals surface area contributed by atoms with Gasteiger partial charge in [0.2, 0.25) is 5.91 Å². The number of hydrogen-bond acceptors (Lipinski definition) is 3. The van der Waals surface area contributed by atoms with E-state index in [0.717, 1.165) is 48.3 Å². The van der Waals surface area contributed by atoms with Crippen molar-refractivity contribution >= 4 is 34.1 Å². The predicted molar refractivity (Wildman–Crippen MR) is 115 cm³/mol. The van der Waals surface area contributed by atoms with Gasteiger partial charge in [0.1, 0.15) is 11.6 Å². The Morgan fingerprint density at radius 1 is 1.00 bits per heavy atom. The molecule has 156 valence electrons. The number of benzene rings is 2. The first kappa shape index (κ1) is 20.5. The number of anilines is 1. The topological polar surface area (TPSA) is 54.0 Å². The van der Waals surface area contributed by atoms with Crippen molar-refractivity contribution in [1.82, 2.24) is 10.3 Å². The summed E-state index contributed by atoms with van der Waals surface area (Å²) in [7, 11) is 0. The van der Waals surface area contributed by atoms with Gasteiger partial charge in [-0.25, -0.2) is 8.78 Å². The number of nitrogens with one attached hydrogen (secondary N) is 2. The smallest absolute Gasteiger partial charge is 0.224 e. The minimum Gasteiger partial charge on any atom is -0.382 e. The maximum Gasteiger partial charge on any atom is 0.224 e. The Morgan fingerprint density at radius 3 is 2.43 bits per heavy atom. The van der Waals surface area contributed by atoms with E-state index in [9.17, 15) is 13.6 Å². The number of aromatic nitrogens is 1. The molecule has 0 spiro atoms. The largest absolute Gasteiger partial charge is 0.382 e. The molecule has 0 unspecified atom stereocenters. The van der Waals surface area contributed by atoms with Crippen LogP contribution in [-0.4, -0.2) is 23.0 Å². The molecule has 30 heavy (non-hydrogen) atoms. The van der Waals surface area contributed by atoms with Crippen LogP contribution in [-0.2, 0) is 11.2 Å². The molecule has 1 amide bonds. The van der Waals surface area contributed by atoms with E-state index in [0.29, 0.717) is 16.6 Å². The van der Waals surface area contributed by atoms with Crippen LogP contribution in [0.4, 0.5) is 14.5 Å². The van der Waals surface area contributed by atoms with E-state index in [-0.39, 0.29) is 18.4 Å². The zero-order valence-corrected chi connectivity index (χ0v) is 17.1. The van der Waals surface area contributed by atoms with Gasteiger partial charge in [-0.2, -0.15) is 0 Å². The Labute approximate surface area is 178 Å². The van der Waals surface area contributed by atoms with Gasteiger partial charge in [-0.05, 0) is 67.6 Å². The van der Waals surface area contributed by atoms with Crippen molar-refractivity contribution in [3.63, 3.8) is 0 Å². The van der Waals surface area contributed by atoms with Crippen LogP contribution in [0.3, 0.4) is 0 Å². The molecular weight excluding hydrogens is 408 g/mol. The molecule has 0 bridgehead atoms. The molecule has 1 saturated carbocycles. The van der Waals surface area contributed by atoms with Gasteiger partial charge < -0.3 is 10.6 Å². The Bertz CT molecular complexity index is 1050. The number of amides is 1. The van der Waals surface area contributed by atoms with Crippen molar-refractivity contribution in [2.45, 2.75) is 44.2 Å². The first-order valence-corrected chi connectivity index (χ1v) is 10.4. The highest BCUT2D eigenvalue weighted by molar-refractivity contribution is 6.31. The molecule has 0 atom stereocenters. The summed E-state index contributed by atoms with van der Waals surface area (Å²) in [5.41, 5.74) is 2.21. The Hall–Kier alpha value is -2.73. The fraction of sp³-hybridized carbons (Fsp3) is 0.304. The molecule has 1 heterocycles. The summed E-state index contributed by atoms with van der Waals surface area (Å²) in [6.07, 6.45) is 5.25. The van der Waals surface area contributed by atoms with Crippen molar-refractivity contribution < 1.29 is 13.6 Å². The highest BCUT2D eigenvalue weighted by atomic mass is 35.5. The third-order valence-electron chi connectivity index (χ3n) is 5.44. The molecule has 4 nitrogen and oxygen atoms in total. The van der Waals surface area contributed by atoms with Crippen molar-refractivity contribution in [3.05, 3.63) is 70.9 Å². The number of rotatable bonds is 5. The van der Waals surface area contributed by atoms with Crippen LogP contribution in [0.2, 0.25) is 5.02 Å². The maximum absolute atomic E-state index is 13.3. The first-order chi connectivity index (χ1) is 14.5. The molecule has 1 fully saturated rings. The zero-order chi connectivity index (χ0) is 21.1. The predicted octanol–water partition coefficient (Wildman–Crippen LogP) is 5.25. The molecular formula is C23H22ClF2N3O. The summed E-state index contributed by atoms with van der Waals surface area (Å²) >= 11 is 6.05. The lowest BCUT2D eigenvalue weighted by Crippen LogP contribution is -2.40. The summed E-state index contributed by atoms with van der Waals surface area (Å²) in [6, 6.07) is 11.2. The number of nitrogens with zero attached hydrogens (tertiary/aromatic N) is 1. The second kappa shape index (κ2) is 8.96. The summed E-state index contributed by atoms with van der Waals surface area (Å²) in [6.45, 7) is 0. The van der Waals surface area contributed by atoms with Gasteiger partial charge >= 0.3 is 0 Å². The maximum atomic E-state index is 13.3. The number of carbonyl (C=O) groups excluding carboxylic acids is 1. The summed E-state index contributed by atoms with van der Waals surface area (Å²) < 4.78 is 26.6. The molecule has 0 radical (unpaired) electrons. The normalized spacial score (nSPS) is 18.9. The van der Waals surface area contributed by atoms with Gasteiger partial charge in [0.25, 0.3) is 0 Å². The minimum absolute atomic E-state index is 0.0293. The zero-order valence-electron chi connectivity index (χ0n) is 16.3. The van der Waals surface area contributed by atoms with Gasteiger partial charge in [0, 0.05) is 40.4 Å². The van der Waals surface area contributed by atoms with Gasteiger partial charge in [-0.15, -0.1) is 0 Å². The van der Waals surface area contributed by atoms with Crippen LogP contribution in [0.5, 0.6) is 0 Å². The third kappa shape index (κ3) is 5.05. The summed E-state index contributed by atoms with van der Waals surface area (Å²) in [4.78, 5) is 16.6. The highest BCUT2D eigenvalue weighted by Crippen LogP contribution is 2.28. The third-order valence-corrected chi connectivity index (χ3v) is 5.68. The molecule has 1 aromatic heterocycles. The minimum atomic E-state index is -0.671. The lowest BCUT2D eigenvalue weighted by molar-refractivity contribution is -0.121. The number of pyridine rings is 1. The Kier molecular flexibility index (Phi) is 6.13. The van der Waals surface area contributed by atoms with Gasteiger partial charge in [-0.1, -0.05) is 11.6 Å². The Balaban J connectivity index is 1.30. The average molecular weight is 430 g/mol. The van der Waals surface area contributed by atoms with E-state index in [1.807, 2.05) is 24.3 Å².